The summed E-state index contributed by atoms with van der Waals surface area (Å²) in [7, 11) is -8.97. The predicted molar refractivity (Wildman–Crippen MR) is 88.2 cm³/mol. The Morgan fingerprint density at radius 1 is 1.04 bits per heavy atom. The van der Waals surface area contributed by atoms with Gasteiger partial charge in [-0.2, -0.15) is 0 Å². The zero-order chi connectivity index (χ0) is 19.4. The number of hydrogen-bond donors (Lipinski definition) is 0. The van der Waals surface area contributed by atoms with Crippen LogP contribution in [0.3, 0.4) is 0 Å². The van der Waals surface area contributed by atoms with E-state index in [-0.39, 0.29) is 5.60 Å². The van der Waals surface area contributed by atoms with Crippen LogP contribution in [0.25, 0.3) is 0 Å². The van der Waals surface area contributed by atoms with Gasteiger partial charge in [0.15, 0.2) is 0 Å². The molecule has 2 unspecified atom stereocenters. The summed E-state index contributed by atoms with van der Waals surface area (Å²) in [6.45, 7) is 4.45. The first-order valence-corrected chi connectivity index (χ1v) is 9.48. The first kappa shape index (κ1) is 21.4. The molecule has 0 amide bonds. The van der Waals surface area contributed by atoms with Crippen molar-refractivity contribution in [3.63, 3.8) is 0 Å². The van der Waals surface area contributed by atoms with Crippen molar-refractivity contribution in [2.75, 3.05) is 7.11 Å². The normalized spacial score (nSPS) is 23.4. The number of rotatable bonds is 4. The van der Waals surface area contributed by atoms with Crippen molar-refractivity contribution in [1.29, 1.82) is 0 Å². The monoisotopic (exact) mass is 390 g/mol. The summed E-state index contributed by atoms with van der Waals surface area (Å²) in [5, 5.41) is 0. The van der Waals surface area contributed by atoms with E-state index in [4.69, 9.17) is 9.47 Å². The molecule has 1 heterocycles. The van der Waals surface area contributed by atoms with Crippen LogP contribution >= 0.6 is 7.81 Å². The van der Waals surface area contributed by atoms with E-state index < -0.39 is 7.81 Å². The van der Waals surface area contributed by atoms with E-state index in [1.807, 2.05) is 24.5 Å². The quantitative estimate of drug-likeness (QED) is 0.310. The first-order chi connectivity index (χ1) is 11.2. The van der Waals surface area contributed by atoms with Gasteiger partial charge in [-0.15, -0.1) is 0 Å². The van der Waals surface area contributed by atoms with Crippen molar-refractivity contribution in [2.45, 2.75) is 25.9 Å². The number of benzene rings is 1. The Hall–Kier alpha value is -1.69. The van der Waals surface area contributed by atoms with Crippen molar-refractivity contribution in [3.8, 4) is 5.75 Å². The summed E-state index contributed by atoms with van der Waals surface area (Å²) in [6.07, 6.45) is 9.25. The Balaban J connectivity index is 0.000000381. The van der Waals surface area contributed by atoms with Crippen LogP contribution in [0.4, 0.5) is 25.2 Å². The summed E-state index contributed by atoms with van der Waals surface area (Å²) in [5.41, 5.74) is 0.994. The van der Waals surface area contributed by atoms with Gasteiger partial charge in [0, 0.05) is 23.6 Å². The molecule has 0 radical (unpaired) electrons. The fourth-order valence-electron chi connectivity index (χ4n) is 2.38. The third-order valence-electron chi connectivity index (χ3n) is 3.75. The topological polar surface area (TPSA) is 22.0 Å². The molecule has 9 heteroatoms. The second kappa shape index (κ2) is 6.56. The van der Waals surface area contributed by atoms with E-state index >= 15 is 0 Å². The second-order valence-electron chi connectivity index (χ2n) is 5.65. The molecule has 1 aromatic carbocycles. The molecule has 0 spiro atoms. The number of aliphatic hydroxyl groups is 2. The standard InChI is InChI=1S/C16H20O2.F6P/c1-4-13(2)16(11-5-6-12-18-16)14-7-9-15(17-3)10-8-14;1-7(2,3,4,5)6/h5-13H,4H2,1-3H3;/q;-1/p+1. The van der Waals surface area contributed by atoms with Crippen molar-refractivity contribution in [1.82, 2.24) is 0 Å². The number of ether oxygens (including phenoxy) is 2. The van der Waals surface area contributed by atoms with Crippen molar-refractivity contribution in [3.05, 3.63) is 54.3 Å². The molecule has 144 valence electrons. The molecule has 0 fully saturated rings. The van der Waals surface area contributed by atoms with Crippen LogP contribution in [0.5, 0.6) is 5.75 Å². The van der Waals surface area contributed by atoms with Crippen LogP contribution < -0.4 is 4.74 Å². The maximum atomic E-state index is 9.87. The van der Waals surface area contributed by atoms with Gasteiger partial charge in [0.25, 0.3) is 0 Å². The zero-order valence-corrected chi connectivity index (χ0v) is 14.9. The van der Waals surface area contributed by atoms with Gasteiger partial charge in [0.05, 0.1) is 7.11 Å². The van der Waals surface area contributed by atoms with E-state index in [1.54, 1.807) is 7.11 Å². The number of allylic oxidation sites excluding steroid dienone is 2. The Labute approximate surface area is 142 Å². The molecule has 1 aliphatic heterocycles. The molecule has 2 rings (SSSR count). The molecule has 1 aliphatic rings. The van der Waals surface area contributed by atoms with Gasteiger partial charge < -0.3 is 9.47 Å². The maximum absolute atomic E-state index is 10.7. The minimum absolute atomic E-state index is 0.226. The third kappa shape index (κ3) is 7.82. The summed E-state index contributed by atoms with van der Waals surface area (Å²) in [4.78, 5) is 0. The second-order valence-corrected chi connectivity index (χ2v) is 7.57. The number of methoxy groups -OCH3 is 1. The van der Waals surface area contributed by atoms with Crippen molar-refractivity contribution in [2.24, 2.45) is 5.92 Å². The van der Waals surface area contributed by atoms with Crippen molar-refractivity contribution >= 4 is 7.81 Å². The molecule has 0 saturated heterocycles. The Bertz CT molecular complexity index is 625. The van der Waals surface area contributed by atoms with Gasteiger partial charge in [0.1, 0.15) is 5.75 Å². The van der Waals surface area contributed by atoms with E-state index in [2.05, 4.69) is 38.1 Å². The molecule has 1 N–H and O–H groups in total. The van der Waals surface area contributed by atoms with E-state index in [1.165, 1.54) is 5.56 Å². The van der Waals surface area contributed by atoms with Crippen molar-refractivity contribution < 1.29 is 34.7 Å². The Morgan fingerprint density at radius 2 is 1.56 bits per heavy atom. The average molecular weight is 390 g/mol. The van der Waals surface area contributed by atoms with Crippen LogP contribution in [-0.4, -0.2) is 11.8 Å². The average Bonchev–Trinajstić information content (AvgIpc) is 2.52. The van der Waals surface area contributed by atoms with Gasteiger partial charge in [-0.05, 0) is 36.8 Å². The minimum atomic E-state index is -10.7. The van der Waals surface area contributed by atoms with Gasteiger partial charge in [0.2, 0.25) is 11.9 Å². The molecule has 2 atom stereocenters. The van der Waals surface area contributed by atoms with Crippen LogP contribution in [0.2, 0.25) is 0 Å². The molecular weight excluding hydrogens is 369 g/mol. The summed E-state index contributed by atoms with van der Waals surface area (Å²) >= 11 is 0. The first-order valence-electron chi connectivity index (χ1n) is 7.45. The summed E-state index contributed by atoms with van der Waals surface area (Å²) in [6, 6.07) is 8.22. The SMILES string of the molecule is CCC(C)C1(c2ccc(OC)cc2)C=CC=C[OH+]1.F[P-](F)(F)(F)(F)F. The van der Waals surface area contributed by atoms with Crippen LogP contribution in [0.1, 0.15) is 25.8 Å². The Kier molecular flexibility index (Phi) is 5.60. The fourth-order valence-corrected chi connectivity index (χ4v) is 2.38. The molecule has 0 saturated carbocycles. The molecule has 1 aromatic rings. The predicted octanol–water partition coefficient (Wildman–Crippen LogP) is 6.93. The van der Waals surface area contributed by atoms with Crippen LogP contribution in [0.15, 0.2) is 48.8 Å². The van der Waals surface area contributed by atoms with E-state index in [0.29, 0.717) is 5.92 Å². The molecule has 0 aromatic heterocycles. The van der Waals surface area contributed by atoms with Gasteiger partial charge in [-0.3, -0.25) is 0 Å². The molecule has 0 bridgehead atoms. The van der Waals surface area contributed by atoms with E-state index in [0.717, 1.165) is 12.2 Å². The van der Waals surface area contributed by atoms with Gasteiger partial charge >= 0.3 is 33.0 Å². The summed E-state index contributed by atoms with van der Waals surface area (Å²) in [5.74, 6) is 1.35. The molecule has 25 heavy (non-hydrogen) atoms. The summed E-state index contributed by atoms with van der Waals surface area (Å²) < 4.78 is 69.2. The van der Waals surface area contributed by atoms with Gasteiger partial charge in [-0.25, -0.2) is 0 Å². The van der Waals surface area contributed by atoms with E-state index in [9.17, 15) is 25.2 Å². The molecule has 0 aliphatic carbocycles. The number of halogens is 6. The van der Waals surface area contributed by atoms with Gasteiger partial charge in [-0.1, -0.05) is 13.8 Å². The Morgan fingerprint density at radius 3 is 1.92 bits per heavy atom. The number of hydrogen-bond acceptors (Lipinski definition) is 1. The molecule has 2 nitrogen and oxygen atoms in total. The molecular formula is C16H21F6O2P. The zero-order valence-electron chi connectivity index (χ0n) is 14.0. The third-order valence-corrected chi connectivity index (χ3v) is 3.75. The van der Waals surface area contributed by atoms with Crippen LogP contribution in [-0.2, 0) is 5.60 Å². The van der Waals surface area contributed by atoms with Crippen LogP contribution in [0, 0.1) is 5.92 Å². The fraction of sp³-hybridized carbons (Fsp3) is 0.375.